The average molecular weight is 356 g/mol. The number of amides is 1. The number of carbonyl (C=O) groups excluding carboxylic acids is 1. The van der Waals surface area contributed by atoms with Gasteiger partial charge in [-0.05, 0) is 37.0 Å². The van der Waals surface area contributed by atoms with Gasteiger partial charge >= 0.3 is 5.97 Å². The molecule has 2 aromatic rings. The van der Waals surface area contributed by atoms with Crippen molar-refractivity contribution >= 4 is 17.7 Å². The zero-order valence-corrected chi connectivity index (χ0v) is 14.5. The van der Waals surface area contributed by atoms with Gasteiger partial charge in [-0.25, -0.2) is 0 Å². The van der Waals surface area contributed by atoms with Crippen LogP contribution in [0.2, 0.25) is 0 Å². The van der Waals surface area contributed by atoms with E-state index in [9.17, 15) is 9.59 Å². The molecule has 0 aliphatic carbocycles. The standard InChI is InChI=1S/C19H24N4O3/c20-18(21)15-8-6-14(7-9-15)5-1-2-10-22-19(26)16(13-17(24)25)23-11-3-4-12-23/h3-4,6-9,11-12,16H,1-2,5,10,13H2,(H3,20,21)(H,22,26)(H,24,25). The second-order valence-corrected chi connectivity index (χ2v) is 6.10. The zero-order chi connectivity index (χ0) is 18.9. The Morgan fingerprint density at radius 2 is 1.81 bits per heavy atom. The molecule has 0 saturated heterocycles. The van der Waals surface area contributed by atoms with Gasteiger partial charge in [0.2, 0.25) is 5.91 Å². The highest BCUT2D eigenvalue weighted by atomic mass is 16.4. The van der Waals surface area contributed by atoms with Crippen LogP contribution < -0.4 is 11.1 Å². The molecular formula is C19H24N4O3. The Balaban J connectivity index is 1.74. The van der Waals surface area contributed by atoms with Crippen LogP contribution in [0.5, 0.6) is 0 Å². The van der Waals surface area contributed by atoms with Gasteiger partial charge in [0.1, 0.15) is 11.9 Å². The van der Waals surface area contributed by atoms with Crippen LogP contribution in [-0.2, 0) is 16.0 Å². The van der Waals surface area contributed by atoms with E-state index in [0.29, 0.717) is 12.1 Å². The van der Waals surface area contributed by atoms with Crippen molar-refractivity contribution in [3.8, 4) is 0 Å². The number of carboxylic acids is 1. The molecule has 0 spiro atoms. The predicted molar refractivity (Wildman–Crippen MR) is 99.1 cm³/mol. The Kier molecular flexibility index (Phi) is 6.96. The van der Waals surface area contributed by atoms with Gasteiger partial charge in [0.05, 0.1) is 6.42 Å². The third kappa shape index (κ3) is 5.77. The van der Waals surface area contributed by atoms with Crippen molar-refractivity contribution in [3.05, 3.63) is 59.9 Å². The summed E-state index contributed by atoms with van der Waals surface area (Å²) in [5.74, 6) is -1.24. The largest absolute Gasteiger partial charge is 0.481 e. The molecule has 1 amide bonds. The Morgan fingerprint density at radius 3 is 2.38 bits per heavy atom. The molecule has 26 heavy (non-hydrogen) atoms. The molecule has 1 unspecified atom stereocenters. The van der Waals surface area contributed by atoms with Gasteiger partial charge in [-0.3, -0.25) is 15.0 Å². The molecule has 1 aromatic carbocycles. The lowest BCUT2D eigenvalue weighted by molar-refractivity contribution is -0.140. The zero-order valence-electron chi connectivity index (χ0n) is 14.5. The minimum atomic E-state index is -1.01. The van der Waals surface area contributed by atoms with E-state index in [0.717, 1.165) is 24.8 Å². The summed E-state index contributed by atoms with van der Waals surface area (Å²) in [6.07, 6.45) is 5.70. The van der Waals surface area contributed by atoms with E-state index in [1.165, 1.54) is 0 Å². The van der Waals surface area contributed by atoms with Crippen LogP contribution in [0.1, 0.15) is 36.4 Å². The smallest absolute Gasteiger partial charge is 0.306 e. The quantitative estimate of drug-likeness (QED) is 0.295. The number of hydrogen-bond donors (Lipinski definition) is 4. The summed E-state index contributed by atoms with van der Waals surface area (Å²) in [5.41, 5.74) is 7.28. The summed E-state index contributed by atoms with van der Waals surface area (Å²) >= 11 is 0. The molecule has 5 N–H and O–H groups in total. The molecule has 1 heterocycles. The molecule has 1 atom stereocenters. The lowest BCUT2D eigenvalue weighted by Gasteiger charge is -2.16. The van der Waals surface area contributed by atoms with Crippen molar-refractivity contribution in [2.45, 2.75) is 31.7 Å². The maximum atomic E-state index is 12.3. The lowest BCUT2D eigenvalue weighted by Crippen LogP contribution is -2.34. The Bertz CT molecular complexity index is 739. The van der Waals surface area contributed by atoms with E-state index in [1.807, 2.05) is 24.3 Å². The third-order valence-corrected chi connectivity index (χ3v) is 4.11. The average Bonchev–Trinajstić information content (AvgIpc) is 3.13. The summed E-state index contributed by atoms with van der Waals surface area (Å²) in [6.45, 7) is 0.502. The van der Waals surface area contributed by atoms with Crippen molar-refractivity contribution in [2.75, 3.05) is 6.54 Å². The molecular weight excluding hydrogens is 332 g/mol. The summed E-state index contributed by atoms with van der Waals surface area (Å²) in [7, 11) is 0. The van der Waals surface area contributed by atoms with E-state index in [1.54, 1.807) is 29.1 Å². The molecule has 0 aliphatic heterocycles. The number of aryl methyl sites for hydroxylation is 1. The van der Waals surface area contributed by atoms with Crippen LogP contribution in [0.3, 0.4) is 0 Å². The number of rotatable bonds is 10. The molecule has 2 rings (SSSR count). The molecule has 0 radical (unpaired) electrons. The van der Waals surface area contributed by atoms with Crippen LogP contribution in [0, 0.1) is 5.41 Å². The van der Waals surface area contributed by atoms with Crippen molar-refractivity contribution in [3.63, 3.8) is 0 Å². The maximum Gasteiger partial charge on any atom is 0.306 e. The summed E-state index contributed by atoms with van der Waals surface area (Å²) in [4.78, 5) is 23.3. The number of nitrogens with one attached hydrogen (secondary N) is 2. The Hall–Kier alpha value is -3.09. The first kappa shape index (κ1) is 19.2. The number of carboxylic acid groups (broad SMARTS) is 1. The summed E-state index contributed by atoms with van der Waals surface area (Å²) in [6, 6.07) is 10.3. The van der Waals surface area contributed by atoms with Crippen molar-refractivity contribution in [1.29, 1.82) is 5.41 Å². The number of nitrogen functional groups attached to an aromatic ring is 1. The van der Waals surface area contributed by atoms with Crippen LogP contribution >= 0.6 is 0 Å². The minimum absolute atomic E-state index is 0.0536. The van der Waals surface area contributed by atoms with Gasteiger partial charge < -0.3 is 20.7 Å². The predicted octanol–water partition coefficient (Wildman–Crippen LogP) is 1.93. The number of hydrogen-bond acceptors (Lipinski definition) is 3. The number of unbranched alkanes of at least 4 members (excludes halogenated alkanes) is 1. The molecule has 138 valence electrons. The maximum absolute atomic E-state index is 12.3. The van der Waals surface area contributed by atoms with E-state index >= 15 is 0 Å². The van der Waals surface area contributed by atoms with Crippen molar-refractivity contribution in [1.82, 2.24) is 9.88 Å². The van der Waals surface area contributed by atoms with Crippen LogP contribution in [0.15, 0.2) is 48.8 Å². The number of nitrogens with two attached hydrogens (primary N) is 1. The summed E-state index contributed by atoms with van der Waals surface area (Å²) < 4.78 is 1.61. The fraction of sp³-hybridized carbons (Fsp3) is 0.316. The molecule has 0 saturated carbocycles. The molecule has 7 nitrogen and oxygen atoms in total. The normalized spacial score (nSPS) is 11.7. The van der Waals surface area contributed by atoms with E-state index in [4.69, 9.17) is 16.2 Å². The monoisotopic (exact) mass is 356 g/mol. The van der Waals surface area contributed by atoms with Gasteiger partial charge in [0.25, 0.3) is 0 Å². The first-order chi connectivity index (χ1) is 12.5. The van der Waals surface area contributed by atoms with E-state index in [2.05, 4.69) is 5.32 Å². The van der Waals surface area contributed by atoms with Crippen LogP contribution in [-0.4, -0.2) is 33.9 Å². The summed E-state index contributed by atoms with van der Waals surface area (Å²) in [5, 5.41) is 19.2. The topological polar surface area (TPSA) is 121 Å². The molecule has 7 heteroatoms. The molecule has 0 bridgehead atoms. The minimum Gasteiger partial charge on any atom is -0.481 e. The first-order valence-corrected chi connectivity index (χ1v) is 8.52. The highest BCUT2D eigenvalue weighted by Crippen LogP contribution is 2.13. The number of benzene rings is 1. The van der Waals surface area contributed by atoms with Gasteiger partial charge in [-0.15, -0.1) is 0 Å². The number of nitrogens with zero attached hydrogens (tertiary/aromatic N) is 1. The van der Waals surface area contributed by atoms with E-state index < -0.39 is 12.0 Å². The lowest BCUT2D eigenvalue weighted by atomic mass is 10.1. The SMILES string of the molecule is N=C(N)c1ccc(CCCCNC(=O)C(CC(=O)O)n2cccc2)cc1. The first-order valence-electron chi connectivity index (χ1n) is 8.52. The van der Waals surface area contributed by atoms with Gasteiger partial charge in [0.15, 0.2) is 0 Å². The fourth-order valence-electron chi connectivity index (χ4n) is 2.69. The number of amidine groups is 1. The molecule has 0 fully saturated rings. The number of aliphatic carboxylic acids is 1. The highest BCUT2D eigenvalue weighted by Gasteiger charge is 2.22. The van der Waals surface area contributed by atoms with Crippen LogP contribution in [0.4, 0.5) is 0 Å². The Morgan fingerprint density at radius 1 is 1.15 bits per heavy atom. The molecule has 0 aliphatic rings. The second kappa shape index (κ2) is 9.41. The third-order valence-electron chi connectivity index (χ3n) is 4.11. The Labute approximate surface area is 152 Å². The van der Waals surface area contributed by atoms with Gasteiger partial charge in [-0.1, -0.05) is 24.3 Å². The van der Waals surface area contributed by atoms with Gasteiger partial charge in [0, 0.05) is 24.5 Å². The van der Waals surface area contributed by atoms with Crippen molar-refractivity contribution < 1.29 is 14.7 Å². The van der Waals surface area contributed by atoms with Crippen LogP contribution in [0.25, 0.3) is 0 Å². The van der Waals surface area contributed by atoms with Crippen molar-refractivity contribution in [2.24, 2.45) is 5.73 Å². The second-order valence-electron chi connectivity index (χ2n) is 6.10. The van der Waals surface area contributed by atoms with Gasteiger partial charge in [-0.2, -0.15) is 0 Å². The number of carbonyl (C=O) groups is 2. The van der Waals surface area contributed by atoms with E-state index in [-0.39, 0.29) is 18.2 Å². The number of aromatic nitrogens is 1. The highest BCUT2D eigenvalue weighted by molar-refractivity contribution is 5.94. The fourth-order valence-corrected chi connectivity index (χ4v) is 2.69. The molecule has 1 aromatic heterocycles.